The van der Waals surface area contributed by atoms with Crippen LogP contribution in [-0.4, -0.2) is 17.0 Å². The van der Waals surface area contributed by atoms with Gasteiger partial charge in [0.2, 0.25) is 5.91 Å². The molecule has 0 saturated carbocycles. The highest BCUT2D eigenvalue weighted by molar-refractivity contribution is 9.10. The number of carboxylic acids is 1. The van der Waals surface area contributed by atoms with Crippen LogP contribution in [0, 0.1) is 5.92 Å². The molecule has 0 aromatic carbocycles. The van der Waals surface area contributed by atoms with Crippen molar-refractivity contribution in [3.8, 4) is 0 Å². The van der Waals surface area contributed by atoms with Crippen molar-refractivity contribution in [2.75, 3.05) is 0 Å². The largest absolute Gasteiger partial charge is 0.477 e. The van der Waals surface area contributed by atoms with Crippen LogP contribution in [0.15, 0.2) is 15.9 Å². The first-order valence-corrected chi connectivity index (χ1v) is 6.26. The van der Waals surface area contributed by atoms with Gasteiger partial charge < -0.3 is 10.8 Å². The maximum Gasteiger partial charge on any atom is 0.347 e. The van der Waals surface area contributed by atoms with Gasteiger partial charge in [-0.2, -0.15) is 0 Å². The van der Waals surface area contributed by atoms with Gasteiger partial charge in [-0.1, -0.05) is 13.8 Å². The van der Waals surface area contributed by atoms with Crippen LogP contribution in [0.25, 0.3) is 0 Å². The molecule has 4 nitrogen and oxygen atoms in total. The van der Waals surface area contributed by atoms with E-state index in [4.69, 9.17) is 10.8 Å². The summed E-state index contributed by atoms with van der Waals surface area (Å²) in [6.45, 7) is 3.93. The molecule has 0 unspecified atom stereocenters. The van der Waals surface area contributed by atoms with Crippen molar-refractivity contribution in [2.24, 2.45) is 11.7 Å². The summed E-state index contributed by atoms with van der Waals surface area (Å²) in [5.74, 6) is -0.690. The van der Waals surface area contributed by atoms with E-state index < -0.39 is 5.97 Å². The first-order chi connectivity index (χ1) is 7.34. The number of amides is 1. The minimum absolute atomic E-state index is 0.213. The molecule has 0 aliphatic carbocycles. The van der Waals surface area contributed by atoms with E-state index >= 15 is 0 Å². The Bertz CT molecular complexity index is 363. The molecule has 0 saturated heterocycles. The second-order valence-corrected chi connectivity index (χ2v) is 5.24. The van der Waals surface area contributed by atoms with Crippen LogP contribution in [0.2, 0.25) is 0 Å². The summed E-state index contributed by atoms with van der Waals surface area (Å²) in [5, 5.41) is 10.2. The van der Waals surface area contributed by atoms with Gasteiger partial charge in [0.25, 0.3) is 0 Å². The summed E-state index contributed by atoms with van der Waals surface area (Å²) in [4.78, 5) is 20.7. The molecular weight excluding hydrogens is 294 g/mol. The van der Waals surface area contributed by atoms with E-state index in [-0.39, 0.29) is 5.91 Å². The number of carbonyl (C=O) groups is 2. The second kappa shape index (κ2) is 7.40. The first-order valence-electron chi connectivity index (χ1n) is 4.59. The lowest BCUT2D eigenvalue weighted by Crippen LogP contribution is -2.12. The van der Waals surface area contributed by atoms with Gasteiger partial charge in [-0.25, -0.2) is 4.79 Å². The maximum absolute atomic E-state index is 10.3. The number of carboxylic acid groups (broad SMARTS) is 1. The lowest BCUT2D eigenvalue weighted by atomic mass is 10.1. The normalized spacial score (nSPS) is 9.50. The van der Waals surface area contributed by atoms with Crippen molar-refractivity contribution in [1.82, 2.24) is 0 Å². The fourth-order valence-corrected chi connectivity index (χ4v) is 2.23. The monoisotopic (exact) mass is 307 g/mol. The number of rotatable bonds is 3. The molecule has 0 bridgehead atoms. The van der Waals surface area contributed by atoms with Gasteiger partial charge in [0, 0.05) is 10.9 Å². The molecular formula is C10H14BrNO3S. The van der Waals surface area contributed by atoms with Gasteiger partial charge in [-0.3, -0.25) is 4.79 Å². The standard InChI is InChI=1S/C5H3BrO2S.C5H11NO/c6-3-1-2-9-4(3)5(7)8;1-4(2)3-5(6)7/h1-2H,(H,7,8);4H,3H2,1-2H3,(H2,6,7). The zero-order valence-electron chi connectivity index (χ0n) is 9.07. The summed E-state index contributed by atoms with van der Waals surface area (Å²) in [7, 11) is 0. The maximum atomic E-state index is 10.3. The van der Waals surface area contributed by atoms with E-state index in [1.807, 2.05) is 13.8 Å². The summed E-state index contributed by atoms with van der Waals surface area (Å²) < 4.78 is 0.653. The molecule has 1 aromatic rings. The van der Waals surface area contributed by atoms with Gasteiger partial charge >= 0.3 is 5.97 Å². The van der Waals surface area contributed by atoms with Gasteiger partial charge in [-0.05, 0) is 33.3 Å². The van der Waals surface area contributed by atoms with E-state index in [2.05, 4.69) is 15.9 Å². The quantitative estimate of drug-likeness (QED) is 0.901. The number of nitrogens with two attached hydrogens (primary N) is 1. The van der Waals surface area contributed by atoms with E-state index in [1.165, 1.54) is 11.3 Å². The number of aromatic carboxylic acids is 1. The van der Waals surface area contributed by atoms with Gasteiger partial charge in [0.1, 0.15) is 4.88 Å². The van der Waals surface area contributed by atoms with Crippen LogP contribution in [0.1, 0.15) is 29.9 Å². The van der Waals surface area contributed by atoms with Crippen LogP contribution in [-0.2, 0) is 4.79 Å². The van der Waals surface area contributed by atoms with Crippen molar-refractivity contribution < 1.29 is 14.7 Å². The molecule has 1 heterocycles. The Morgan fingerprint density at radius 2 is 2.12 bits per heavy atom. The molecule has 6 heteroatoms. The molecule has 0 aliphatic rings. The van der Waals surface area contributed by atoms with E-state index in [0.717, 1.165) is 0 Å². The Morgan fingerprint density at radius 3 is 2.25 bits per heavy atom. The molecule has 1 aromatic heterocycles. The lowest BCUT2D eigenvalue weighted by Gasteiger charge is -1.95. The number of hydrogen-bond acceptors (Lipinski definition) is 3. The molecule has 3 N–H and O–H groups in total. The number of hydrogen-bond donors (Lipinski definition) is 2. The predicted molar refractivity (Wildman–Crippen MR) is 67.6 cm³/mol. The van der Waals surface area contributed by atoms with Crippen LogP contribution in [0.5, 0.6) is 0 Å². The third-order valence-electron chi connectivity index (χ3n) is 1.42. The molecule has 0 spiro atoms. The van der Waals surface area contributed by atoms with E-state index in [9.17, 15) is 9.59 Å². The van der Waals surface area contributed by atoms with Crippen LogP contribution < -0.4 is 5.73 Å². The molecule has 1 amide bonds. The smallest absolute Gasteiger partial charge is 0.347 e. The highest BCUT2D eigenvalue weighted by Crippen LogP contribution is 2.21. The minimum atomic E-state index is -0.878. The molecule has 90 valence electrons. The fourth-order valence-electron chi connectivity index (χ4n) is 0.849. The Balaban J connectivity index is 0.000000293. The number of halogens is 1. The van der Waals surface area contributed by atoms with Crippen molar-refractivity contribution in [2.45, 2.75) is 20.3 Å². The summed E-state index contributed by atoms with van der Waals surface area (Å²) in [5.41, 5.74) is 4.85. The highest BCUT2D eigenvalue weighted by Gasteiger charge is 2.07. The van der Waals surface area contributed by atoms with Gasteiger partial charge in [0.15, 0.2) is 0 Å². The zero-order chi connectivity index (χ0) is 12.7. The van der Waals surface area contributed by atoms with Crippen LogP contribution in [0.4, 0.5) is 0 Å². The van der Waals surface area contributed by atoms with Gasteiger partial charge in [0.05, 0.1) is 0 Å². The van der Waals surface area contributed by atoms with Crippen molar-refractivity contribution >= 4 is 39.1 Å². The summed E-state index contributed by atoms with van der Waals surface area (Å²) in [6.07, 6.45) is 0.500. The average Bonchev–Trinajstić information content (AvgIpc) is 2.49. The molecule has 0 atom stereocenters. The second-order valence-electron chi connectivity index (χ2n) is 3.47. The van der Waals surface area contributed by atoms with Crippen LogP contribution in [0.3, 0.4) is 0 Å². The van der Waals surface area contributed by atoms with Crippen molar-refractivity contribution in [3.05, 3.63) is 20.8 Å². The van der Waals surface area contributed by atoms with E-state index in [0.29, 0.717) is 21.7 Å². The lowest BCUT2D eigenvalue weighted by molar-refractivity contribution is -0.118. The zero-order valence-corrected chi connectivity index (χ0v) is 11.5. The Morgan fingerprint density at radius 1 is 1.56 bits per heavy atom. The highest BCUT2D eigenvalue weighted by atomic mass is 79.9. The topological polar surface area (TPSA) is 80.4 Å². The number of carbonyl (C=O) groups excluding carboxylic acids is 1. The SMILES string of the molecule is CC(C)CC(N)=O.O=C(O)c1sccc1Br. The van der Waals surface area contributed by atoms with Crippen molar-refractivity contribution in [1.29, 1.82) is 0 Å². The summed E-state index contributed by atoms with van der Waals surface area (Å²) >= 11 is 4.31. The third-order valence-corrected chi connectivity index (χ3v) is 3.25. The van der Waals surface area contributed by atoms with Crippen LogP contribution >= 0.6 is 27.3 Å². The number of thiophene rings is 1. The Hall–Kier alpha value is -0.880. The summed E-state index contributed by atoms with van der Waals surface area (Å²) in [6, 6.07) is 1.72. The average molecular weight is 308 g/mol. The third kappa shape index (κ3) is 6.58. The molecule has 1 rings (SSSR count). The molecule has 0 aliphatic heterocycles. The number of primary amides is 1. The minimum Gasteiger partial charge on any atom is -0.477 e. The first kappa shape index (κ1) is 15.1. The Labute approximate surface area is 107 Å². The predicted octanol–water partition coefficient (Wildman–Crippen LogP) is 2.73. The molecule has 0 radical (unpaired) electrons. The van der Waals surface area contributed by atoms with E-state index in [1.54, 1.807) is 11.4 Å². The molecule has 16 heavy (non-hydrogen) atoms. The van der Waals surface area contributed by atoms with Gasteiger partial charge in [-0.15, -0.1) is 11.3 Å². The fraction of sp³-hybridized carbons (Fsp3) is 0.400. The molecule has 0 fully saturated rings. The Kier molecular flexibility index (Phi) is 7.00. The van der Waals surface area contributed by atoms with Crippen molar-refractivity contribution in [3.63, 3.8) is 0 Å².